The van der Waals surface area contributed by atoms with Crippen molar-refractivity contribution in [3.8, 4) is 12.3 Å². The van der Waals surface area contributed by atoms with E-state index in [1.54, 1.807) is 0 Å². The number of carbonyl (C=O) groups excluding carboxylic acids is 1. The third kappa shape index (κ3) is 2.74. The molecule has 1 saturated heterocycles. The average Bonchev–Trinajstić information content (AvgIpc) is 2.65. The first-order chi connectivity index (χ1) is 6.65. The van der Waals surface area contributed by atoms with Crippen molar-refractivity contribution in [2.45, 2.75) is 38.8 Å². The van der Waals surface area contributed by atoms with Crippen LogP contribution in [0.4, 0.5) is 0 Å². The molecule has 3 nitrogen and oxygen atoms in total. The molecule has 14 heavy (non-hydrogen) atoms. The molecule has 0 aromatic heterocycles. The van der Waals surface area contributed by atoms with Gasteiger partial charge in [0.05, 0.1) is 6.04 Å². The molecule has 0 aromatic carbocycles. The second kappa shape index (κ2) is 5.02. The quantitative estimate of drug-likeness (QED) is 0.681. The van der Waals surface area contributed by atoms with Gasteiger partial charge in [-0.1, -0.05) is 19.8 Å². The van der Waals surface area contributed by atoms with E-state index in [0.29, 0.717) is 6.61 Å². The molecule has 78 valence electrons. The topological polar surface area (TPSA) is 38.3 Å². The number of carbonyl (C=O) groups is 1. The van der Waals surface area contributed by atoms with Crippen molar-refractivity contribution >= 4 is 5.91 Å². The molecule has 1 amide bonds. The molecule has 0 spiro atoms. The lowest BCUT2D eigenvalue weighted by Gasteiger charge is -2.18. The van der Waals surface area contributed by atoms with Gasteiger partial charge in [-0.3, -0.25) is 4.79 Å². The molecule has 2 atom stereocenters. The van der Waals surface area contributed by atoms with Crippen LogP contribution in [0.2, 0.25) is 0 Å². The van der Waals surface area contributed by atoms with Crippen LogP contribution < -0.4 is 5.32 Å². The van der Waals surface area contributed by atoms with Crippen molar-refractivity contribution in [1.82, 2.24) is 5.32 Å². The highest BCUT2D eigenvalue weighted by molar-refractivity contribution is 5.81. The Morgan fingerprint density at radius 2 is 2.36 bits per heavy atom. The number of hydrogen-bond donors (Lipinski definition) is 1. The van der Waals surface area contributed by atoms with Crippen molar-refractivity contribution < 1.29 is 9.53 Å². The molecule has 0 aliphatic carbocycles. The van der Waals surface area contributed by atoms with Gasteiger partial charge in [-0.25, -0.2) is 0 Å². The highest BCUT2D eigenvalue weighted by Gasteiger charge is 2.25. The number of hydrogen-bond acceptors (Lipinski definition) is 2. The lowest BCUT2D eigenvalue weighted by Crippen LogP contribution is -2.42. The van der Waals surface area contributed by atoms with E-state index in [1.165, 1.54) is 0 Å². The van der Waals surface area contributed by atoms with Crippen molar-refractivity contribution in [1.29, 1.82) is 0 Å². The van der Waals surface area contributed by atoms with Crippen molar-refractivity contribution in [2.24, 2.45) is 5.92 Å². The summed E-state index contributed by atoms with van der Waals surface area (Å²) in [5.74, 6) is 2.75. The second-order valence-corrected chi connectivity index (χ2v) is 3.90. The van der Waals surface area contributed by atoms with Crippen LogP contribution in [0.1, 0.15) is 26.7 Å². The predicted molar refractivity (Wildman–Crippen MR) is 54.6 cm³/mol. The summed E-state index contributed by atoms with van der Waals surface area (Å²) < 4.78 is 5.26. The van der Waals surface area contributed by atoms with Crippen LogP contribution in [-0.2, 0) is 9.53 Å². The van der Waals surface area contributed by atoms with Crippen LogP contribution in [0.3, 0.4) is 0 Å². The summed E-state index contributed by atoms with van der Waals surface area (Å²) in [6.45, 7) is 4.65. The minimum atomic E-state index is -0.287. The van der Waals surface area contributed by atoms with E-state index in [2.05, 4.69) is 11.2 Å². The maximum Gasteiger partial charge on any atom is 0.250 e. The molecule has 1 aliphatic heterocycles. The number of terminal acetylenes is 1. The van der Waals surface area contributed by atoms with Crippen LogP contribution >= 0.6 is 0 Å². The highest BCUT2D eigenvalue weighted by atomic mass is 16.5. The highest BCUT2D eigenvalue weighted by Crippen LogP contribution is 2.12. The Kier molecular flexibility index (Phi) is 3.97. The van der Waals surface area contributed by atoms with Crippen molar-refractivity contribution in [2.75, 3.05) is 6.61 Å². The summed E-state index contributed by atoms with van der Waals surface area (Å²) >= 11 is 0. The lowest BCUT2D eigenvalue weighted by atomic mass is 10.0. The van der Waals surface area contributed by atoms with Gasteiger partial charge in [0.1, 0.15) is 6.10 Å². The first kappa shape index (κ1) is 11.1. The smallest absolute Gasteiger partial charge is 0.250 e. The molecule has 0 aromatic rings. The molecule has 1 rings (SSSR count). The van der Waals surface area contributed by atoms with Gasteiger partial charge in [0.15, 0.2) is 0 Å². The van der Waals surface area contributed by atoms with Gasteiger partial charge in [0.2, 0.25) is 5.91 Å². The summed E-state index contributed by atoms with van der Waals surface area (Å²) in [6.07, 6.45) is 6.79. The Balaban J connectivity index is 2.42. The SMILES string of the molecule is C#CC(NC(=O)C1CCCO1)C(C)C. The van der Waals surface area contributed by atoms with Gasteiger partial charge < -0.3 is 10.1 Å². The molecule has 3 heteroatoms. The Morgan fingerprint density at radius 3 is 2.79 bits per heavy atom. The first-order valence-corrected chi connectivity index (χ1v) is 5.03. The maximum absolute atomic E-state index is 11.6. The number of amides is 1. The van der Waals surface area contributed by atoms with Gasteiger partial charge in [0.25, 0.3) is 0 Å². The third-order valence-electron chi connectivity index (χ3n) is 2.37. The van der Waals surface area contributed by atoms with Crippen LogP contribution in [-0.4, -0.2) is 24.7 Å². The van der Waals surface area contributed by atoms with Crippen molar-refractivity contribution in [3.05, 3.63) is 0 Å². The molecule has 0 radical (unpaired) electrons. The Labute approximate surface area is 85.2 Å². The zero-order valence-electron chi connectivity index (χ0n) is 8.75. The van der Waals surface area contributed by atoms with E-state index in [9.17, 15) is 4.79 Å². The van der Waals surface area contributed by atoms with E-state index in [4.69, 9.17) is 11.2 Å². The fraction of sp³-hybridized carbons (Fsp3) is 0.727. The minimum absolute atomic E-state index is 0.0702. The Morgan fingerprint density at radius 1 is 1.64 bits per heavy atom. The van der Waals surface area contributed by atoms with Gasteiger partial charge in [-0.15, -0.1) is 6.42 Å². The normalized spacial score (nSPS) is 23.1. The van der Waals surface area contributed by atoms with Crippen molar-refractivity contribution in [3.63, 3.8) is 0 Å². The predicted octanol–water partition coefficient (Wildman–Crippen LogP) is 0.939. The fourth-order valence-electron chi connectivity index (χ4n) is 1.43. The summed E-state index contributed by atoms with van der Waals surface area (Å²) in [7, 11) is 0. The number of nitrogens with one attached hydrogen (secondary N) is 1. The zero-order valence-corrected chi connectivity index (χ0v) is 8.75. The Bertz CT molecular complexity index is 236. The molecule has 1 heterocycles. The fourth-order valence-corrected chi connectivity index (χ4v) is 1.43. The molecular formula is C11H17NO2. The first-order valence-electron chi connectivity index (χ1n) is 5.03. The van der Waals surface area contributed by atoms with Crippen LogP contribution in [0.25, 0.3) is 0 Å². The zero-order chi connectivity index (χ0) is 10.6. The molecule has 2 unspecified atom stereocenters. The van der Waals surface area contributed by atoms with Gasteiger partial charge in [-0.2, -0.15) is 0 Å². The average molecular weight is 195 g/mol. The third-order valence-corrected chi connectivity index (χ3v) is 2.37. The van der Waals surface area contributed by atoms with Gasteiger partial charge >= 0.3 is 0 Å². The van der Waals surface area contributed by atoms with E-state index in [1.807, 2.05) is 13.8 Å². The summed E-state index contributed by atoms with van der Waals surface area (Å²) in [6, 6.07) is -0.188. The molecular weight excluding hydrogens is 178 g/mol. The van der Waals surface area contributed by atoms with Crippen LogP contribution in [0, 0.1) is 18.3 Å². The second-order valence-electron chi connectivity index (χ2n) is 3.90. The van der Waals surface area contributed by atoms with E-state index in [0.717, 1.165) is 12.8 Å². The van der Waals surface area contributed by atoms with Crippen LogP contribution in [0.5, 0.6) is 0 Å². The maximum atomic E-state index is 11.6. The van der Waals surface area contributed by atoms with Crippen LogP contribution in [0.15, 0.2) is 0 Å². The standard InChI is InChI=1S/C11H17NO2/c1-4-9(8(2)3)12-11(13)10-6-5-7-14-10/h1,8-10H,5-7H2,2-3H3,(H,12,13). The molecule has 1 fully saturated rings. The number of ether oxygens (including phenoxy) is 1. The van der Waals surface area contributed by atoms with E-state index in [-0.39, 0.29) is 24.0 Å². The Hall–Kier alpha value is -1.01. The van der Waals surface area contributed by atoms with E-state index >= 15 is 0 Å². The monoisotopic (exact) mass is 195 g/mol. The van der Waals surface area contributed by atoms with Gasteiger partial charge in [0, 0.05) is 6.61 Å². The lowest BCUT2D eigenvalue weighted by molar-refractivity contribution is -0.130. The van der Waals surface area contributed by atoms with Gasteiger partial charge in [-0.05, 0) is 18.8 Å². The van der Waals surface area contributed by atoms with E-state index < -0.39 is 0 Å². The largest absolute Gasteiger partial charge is 0.368 e. The summed E-state index contributed by atoms with van der Waals surface area (Å²) in [4.78, 5) is 11.6. The molecule has 0 bridgehead atoms. The summed E-state index contributed by atoms with van der Waals surface area (Å²) in [5.41, 5.74) is 0. The number of rotatable bonds is 3. The minimum Gasteiger partial charge on any atom is -0.368 e. The molecule has 0 saturated carbocycles. The molecule has 1 aliphatic rings. The molecule has 1 N–H and O–H groups in total. The summed E-state index contributed by atoms with van der Waals surface area (Å²) in [5, 5.41) is 2.81.